The van der Waals surface area contributed by atoms with E-state index < -0.39 is 22.1 Å². The molecule has 1 aromatic carbocycles. The molecule has 0 saturated carbocycles. The van der Waals surface area contributed by atoms with Crippen molar-refractivity contribution in [3.8, 4) is 5.75 Å². The highest BCUT2D eigenvalue weighted by molar-refractivity contribution is 6.30. The van der Waals surface area contributed by atoms with E-state index in [1.54, 1.807) is 0 Å². The fraction of sp³-hybridized carbons (Fsp3) is 0.125. The maximum Gasteiger partial charge on any atom is 0.311 e. The molecule has 0 atom stereocenters. The van der Waals surface area contributed by atoms with Crippen LogP contribution >= 0.6 is 11.6 Å². The lowest BCUT2D eigenvalue weighted by atomic mass is 10.1. The van der Waals surface area contributed by atoms with Crippen LogP contribution in [-0.2, 0) is 0 Å². The highest BCUT2D eigenvalue weighted by atomic mass is 35.5. The highest BCUT2D eigenvalue weighted by Crippen LogP contribution is 2.26. The topological polar surface area (TPSA) is 80.4 Å². The minimum atomic E-state index is -0.764. The molecule has 74 valence electrons. The molecule has 1 N–H and O–H groups in total. The normalized spacial score (nSPS) is 9.79. The van der Waals surface area contributed by atoms with Gasteiger partial charge in [0.1, 0.15) is 0 Å². The van der Waals surface area contributed by atoms with Crippen LogP contribution in [0.5, 0.6) is 5.75 Å². The molecule has 0 heterocycles. The molecule has 0 aliphatic heterocycles. The number of nitro benzene ring substituents is 1. The van der Waals surface area contributed by atoms with Crippen molar-refractivity contribution in [1.29, 1.82) is 0 Å². The van der Waals surface area contributed by atoms with Crippen molar-refractivity contribution in [2.75, 3.05) is 5.88 Å². The number of hydrogen-bond acceptors (Lipinski definition) is 4. The Balaban J connectivity index is 3.19. The van der Waals surface area contributed by atoms with Gasteiger partial charge in [0.25, 0.3) is 0 Å². The van der Waals surface area contributed by atoms with Crippen LogP contribution in [0.4, 0.5) is 5.69 Å². The summed E-state index contributed by atoms with van der Waals surface area (Å²) in [4.78, 5) is 20.7. The third-order valence-electron chi connectivity index (χ3n) is 1.62. The molecule has 0 unspecified atom stereocenters. The molecular formula is C8H6ClNO4. The van der Waals surface area contributed by atoms with Crippen LogP contribution in [0.1, 0.15) is 10.4 Å². The highest BCUT2D eigenvalue weighted by Gasteiger charge is 2.16. The van der Waals surface area contributed by atoms with Crippen LogP contribution in [0, 0.1) is 10.1 Å². The van der Waals surface area contributed by atoms with E-state index in [0.29, 0.717) is 0 Å². The average molecular weight is 216 g/mol. The smallest absolute Gasteiger partial charge is 0.311 e. The molecule has 0 radical (unpaired) electrons. The zero-order chi connectivity index (χ0) is 10.7. The van der Waals surface area contributed by atoms with Gasteiger partial charge in [0.15, 0.2) is 11.5 Å². The molecule has 1 aromatic rings. The number of nitrogens with zero attached hydrogens (tertiary/aromatic N) is 1. The molecule has 0 aliphatic carbocycles. The Morgan fingerprint density at radius 2 is 2.21 bits per heavy atom. The number of nitro groups is 1. The molecule has 0 aromatic heterocycles. The summed E-state index contributed by atoms with van der Waals surface area (Å²) in [6, 6.07) is 3.38. The first-order chi connectivity index (χ1) is 6.56. The van der Waals surface area contributed by atoms with E-state index in [-0.39, 0.29) is 11.4 Å². The molecule has 6 heteroatoms. The second-order valence-electron chi connectivity index (χ2n) is 2.52. The third kappa shape index (κ3) is 2.00. The molecule has 0 aliphatic rings. The Hall–Kier alpha value is -1.62. The molecule has 1 rings (SSSR count). The van der Waals surface area contributed by atoms with E-state index in [0.717, 1.165) is 12.1 Å². The lowest BCUT2D eigenvalue weighted by Crippen LogP contribution is -2.01. The number of hydrogen-bond donors (Lipinski definition) is 1. The number of alkyl halides is 1. The minimum absolute atomic E-state index is 0.115. The largest absolute Gasteiger partial charge is 0.502 e. The van der Waals surface area contributed by atoms with Crippen molar-refractivity contribution in [2.24, 2.45) is 0 Å². The van der Waals surface area contributed by atoms with Crippen molar-refractivity contribution in [3.05, 3.63) is 33.9 Å². The van der Waals surface area contributed by atoms with Crippen LogP contribution in [0.3, 0.4) is 0 Å². The molecule has 0 amide bonds. The zero-order valence-electron chi connectivity index (χ0n) is 6.94. The number of halogens is 1. The van der Waals surface area contributed by atoms with Gasteiger partial charge in [-0.05, 0) is 12.1 Å². The number of carbonyl (C=O) groups excluding carboxylic acids is 1. The fourth-order valence-electron chi connectivity index (χ4n) is 0.920. The summed E-state index contributed by atoms with van der Waals surface area (Å²) in [5.41, 5.74) is -0.384. The number of phenols is 1. The first-order valence-corrected chi connectivity index (χ1v) is 4.16. The zero-order valence-corrected chi connectivity index (χ0v) is 7.69. The summed E-state index contributed by atoms with van der Waals surface area (Å²) in [6.45, 7) is 0. The van der Waals surface area contributed by atoms with Crippen molar-refractivity contribution in [3.63, 3.8) is 0 Å². The average Bonchev–Trinajstić information content (AvgIpc) is 2.17. The number of rotatable bonds is 3. The second kappa shape index (κ2) is 4.06. The van der Waals surface area contributed by atoms with Crippen LogP contribution in [0.15, 0.2) is 18.2 Å². The van der Waals surface area contributed by atoms with Gasteiger partial charge >= 0.3 is 5.69 Å². The van der Waals surface area contributed by atoms with Crippen molar-refractivity contribution >= 4 is 23.1 Å². The van der Waals surface area contributed by atoms with E-state index in [9.17, 15) is 14.9 Å². The molecule has 0 saturated heterocycles. The maximum absolute atomic E-state index is 11.1. The summed E-state index contributed by atoms with van der Waals surface area (Å²) < 4.78 is 0. The lowest BCUT2D eigenvalue weighted by Gasteiger charge is -1.98. The van der Waals surface area contributed by atoms with Crippen molar-refractivity contribution in [2.45, 2.75) is 0 Å². The van der Waals surface area contributed by atoms with Gasteiger partial charge in [-0.3, -0.25) is 14.9 Å². The Morgan fingerprint density at radius 1 is 1.57 bits per heavy atom. The van der Waals surface area contributed by atoms with E-state index in [2.05, 4.69) is 0 Å². The van der Waals surface area contributed by atoms with Gasteiger partial charge in [0.2, 0.25) is 0 Å². The number of aromatic hydroxyl groups is 1. The number of benzene rings is 1. The molecule has 0 spiro atoms. The summed E-state index contributed by atoms with van der Waals surface area (Å²) in [6.07, 6.45) is 0. The van der Waals surface area contributed by atoms with Gasteiger partial charge < -0.3 is 5.11 Å². The van der Waals surface area contributed by atoms with Crippen molar-refractivity contribution < 1.29 is 14.8 Å². The van der Waals surface area contributed by atoms with E-state index in [1.807, 2.05) is 0 Å². The van der Waals surface area contributed by atoms with Gasteiger partial charge in [-0.25, -0.2) is 0 Å². The van der Waals surface area contributed by atoms with Gasteiger partial charge in [0, 0.05) is 11.6 Å². The van der Waals surface area contributed by atoms with Gasteiger partial charge in [0.05, 0.1) is 10.8 Å². The van der Waals surface area contributed by atoms with Crippen molar-refractivity contribution in [1.82, 2.24) is 0 Å². The standard InChI is InChI=1S/C8H6ClNO4/c9-4-8(12)5-1-2-7(11)6(3-5)10(13)14/h1-3,11H,4H2. The predicted molar refractivity (Wildman–Crippen MR) is 49.8 cm³/mol. The number of carbonyl (C=O) groups is 1. The van der Waals surface area contributed by atoms with Crippen LogP contribution in [0.25, 0.3) is 0 Å². The fourth-order valence-corrected chi connectivity index (χ4v) is 1.07. The predicted octanol–water partition coefficient (Wildman–Crippen LogP) is 1.72. The van der Waals surface area contributed by atoms with Crippen LogP contribution < -0.4 is 0 Å². The summed E-state index contributed by atoms with van der Waals surface area (Å²) in [7, 11) is 0. The summed E-state index contributed by atoms with van der Waals surface area (Å²) in [5, 5.41) is 19.5. The Kier molecular flexibility index (Phi) is 3.03. The molecule has 0 fully saturated rings. The third-order valence-corrected chi connectivity index (χ3v) is 1.86. The van der Waals surface area contributed by atoms with Gasteiger partial charge in [-0.1, -0.05) is 0 Å². The summed E-state index contributed by atoms with van der Waals surface area (Å²) in [5.74, 6) is -1.14. The Labute approximate surface area is 84.1 Å². The number of ketones is 1. The van der Waals surface area contributed by atoms with Crippen LogP contribution in [0.2, 0.25) is 0 Å². The first kappa shape index (κ1) is 10.5. The quantitative estimate of drug-likeness (QED) is 0.360. The SMILES string of the molecule is O=C(CCl)c1ccc(O)c([N+](=O)[O-])c1. The molecule has 14 heavy (non-hydrogen) atoms. The Bertz CT molecular complexity index is 391. The van der Waals surface area contributed by atoms with E-state index in [4.69, 9.17) is 16.7 Å². The van der Waals surface area contributed by atoms with E-state index in [1.165, 1.54) is 6.07 Å². The monoisotopic (exact) mass is 215 g/mol. The number of phenolic OH excluding ortho intramolecular Hbond substituents is 1. The van der Waals surface area contributed by atoms with Crippen LogP contribution in [-0.4, -0.2) is 21.7 Å². The Morgan fingerprint density at radius 3 is 2.71 bits per heavy atom. The maximum atomic E-state index is 11.1. The summed E-state index contributed by atoms with van der Waals surface area (Å²) >= 11 is 5.28. The molecule has 0 bridgehead atoms. The van der Waals surface area contributed by atoms with Gasteiger partial charge in [-0.15, -0.1) is 11.6 Å². The second-order valence-corrected chi connectivity index (χ2v) is 2.78. The lowest BCUT2D eigenvalue weighted by molar-refractivity contribution is -0.385. The number of Topliss-reactive ketones (excluding diaryl/α,β-unsaturated/α-hetero) is 1. The van der Waals surface area contributed by atoms with Gasteiger partial charge in [-0.2, -0.15) is 0 Å². The first-order valence-electron chi connectivity index (χ1n) is 3.63. The van der Waals surface area contributed by atoms with E-state index >= 15 is 0 Å². The molecule has 5 nitrogen and oxygen atoms in total. The molecular weight excluding hydrogens is 210 g/mol. The minimum Gasteiger partial charge on any atom is -0.502 e.